The van der Waals surface area contributed by atoms with Gasteiger partial charge in [0.15, 0.2) is 0 Å². The summed E-state index contributed by atoms with van der Waals surface area (Å²) in [6.45, 7) is 12.1. The largest absolute Gasteiger partial charge is 0.462 e. The van der Waals surface area contributed by atoms with Crippen LogP contribution in [0.3, 0.4) is 0 Å². The SMILES string of the molecule is CCCC(OC(=O)CCCCC(O)[C@@H](C)CC)C(C)C/C(C)=C/CC(O)CC(C)O. The molecule has 0 spiro atoms. The highest BCUT2D eigenvalue weighted by Crippen LogP contribution is 2.23. The molecule has 0 rings (SSSR count). The molecule has 0 aliphatic carbocycles. The van der Waals surface area contributed by atoms with Gasteiger partial charge in [-0.1, -0.05) is 58.6 Å². The molecule has 0 saturated heterocycles. The van der Waals surface area contributed by atoms with Crippen molar-refractivity contribution in [3.63, 3.8) is 0 Å². The fraction of sp³-hybridized carbons (Fsp3) is 0.880. The number of allylic oxidation sites excluding steroid dienone is 1. The molecule has 5 heteroatoms. The van der Waals surface area contributed by atoms with Crippen molar-refractivity contribution in [1.29, 1.82) is 0 Å². The van der Waals surface area contributed by atoms with E-state index < -0.39 is 12.2 Å². The molecule has 0 aliphatic rings. The van der Waals surface area contributed by atoms with Gasteiger partial charge in [-0.3, -0.25) is 4.79 Å². The molecule has 30 heavy (non-hydrogen) atoms. The summed E-state index contributed by atoms with van der Waals surface area (Å²) >= 11 is 0. The van der Waals surface area contributed by atoms with Gasteiger partial charge < -0.3 is 20.1 Å². The van der Waals surface area contributed by atoms with Crippen LogP contribution in [-0.4, -0.2) is 45.7 Å². The first kappa shape index (κ1) is 29.1. The predicted octanol–water partition coefficient (Wildman–Crippen LogP) is 5.16. The van der Waals surface area contributed by atoms with Gasteiger partial charge in [-0.25, -0.2) is 0 Å². The standard InChI is InChI=1S/C25H48O5/c1-7-11-24(20(5)16-18(3)14-15-22(27)17-21(6)26)30-25(29)13-10-9-12-23(28)19(4)8-2/h14,19-24,26-28H,7-13,15-17H2,1-6H3/b18-14+/t19-,20?,21?,22?,23?,24?/m0/s1. The van der Waals surface area contributed by atoms with E-state index in [-0.39, 0.29) is 24.1 Å². The Bertz CT molecular complexity index is 474. The van der Waals surface area contributed by atoms with Crippen LogP contribution in [-0.2, 0) is 9.53 Å². The highest BCUT2D eigenvalue weighted by Gasteiger charge is 2.21. The molecule has 0 aromatic heterocycles. The van der Waals surface area contributed by atoms with E-state index in [9.17, 15) is 20.1 Å². The predicted molar refractivity (Wildman–Crippen MR) is 123 cm³/mol. The lowest BCUT2D eigenvalue weighted by atomic mass is 9.92. The Kier molecular flexibility index (Phi) is 16.2. The molecular weight excluding hydrogens is 380 g/mol. The van der Waals surface area contributed by atoms with Crippen LogP contribution in [0.4, 0.5) is 0 Å². The Morgan fingerprint density at radius 2 is 1.67 bits per heavy atom. The first-order valence-electron chi connectivity index (χ1n) is 12.0. The Morgan fingerprint density at radius 3 is 2.23 bits per heavy atom. The van der Waals surface area contributed by atoms with Gasteiger partial charge in [0.05, 0.1) is 18.3 Å². The minimum absolute atomic E-state index is 0.0982. The molecule has 0 aromatic carbocycles. The topological polar surface area (TPSA) is 87.0 Å². The molecule has 0 amide bonds. The maximum Gasteiger partial charge on any atom is 0.306 e. The second-order valence-corrected chi connectivity index (χ2v) is 9.22. The van der Waals surface area contributed by atoms with Crippen molar-refractivity contribution in [1.82, 2.24) is 0 Å². The van der Waals surface area contributed by atoms with E-state index in [1.165, 1.54) is 5.57 Å². The summed E-state index contributed by atoms with van der Waals surface area (Å²) in [5, 5.41) is 29.3. The van der Waals surface area contributed by atoms with Gasteiger partial charge >= 0.3 is 5.97 Å². The van der Waals surface area contributed by atoms with Crippen LogP contribution >= 0.6 is 0 Å². The molecule has 5 nitrogen and oxygen atoms in total. The second-order valence-electron chi connectivity index (χ2n) is 9.22. The summed E-state index contributed by atoms with van der Waals surface area (Å²) in [7, 11) is 0. The van der Waals surface area contributed by atoms with Crippen LogP contribution in [0, 0.1) is 11.8 Å². The number of carbonyl (C=O) groups excluding carboxylic acids is 1. The van der Waals surface area contributed by atoms with Gasteiger partial charge in [0.1, 0.15) is 6.10 Å². The van der Waals surface area contributed by atoms with Crippen molar-refractivity contribution in [3.8, 4) is 0 Å². The minimum Gasteiger partial charge on any atom is -0.462 e. The van der Waals surface area contributed by atoms with Gasteiger partial charge in [-0.15, -0.1) is 0 Å². The summed E-state index contributed by atoms with van der Waals surface area (Å²) in [6.07, 6.45) is 7.84. The van der Waals surface area contributed by atoms with E-state index in [1.54, 1.807) is 6.92 Å². The van der Waals surface area contributed by atoms with Crippen LogP contribution in [0.25, 0.3) is 0 Å². The Balaban J connectivity index is 4.43. The van der Waals surface area contributed by atoms with Crippen molar-refractivity contribution in [2.24, 2.45) is 11.8 Å². The molecule has 0 saturated carbocycles. The van der Waals surface area contributed by atoms with Crippen LogP contribution < -0.4 is 0 Å². The van der Waals surface area contributed by atoms with E-state index in [2.05, 4.69) is 27.7 Å². The number of aliphatic hydroxyl groups excluding tert-OH is 3. The zero-order valence-electron chi connectivity index (χ0n) is 20.3. The molecule has 0 fully saturated rings. The van der Waals surface area contributed by atoms with E-state index in [4.69, 9.17) is 4.74 Å². The summed E-state index contributed by atoms with van der Waals surface area (Å²) in [5.74, 6) is 0.370. The zero-order valence-corrected chi connectivity index (χ0v) is 20.3. The molecule has 178 valence electrons. The average Bonchev–Trinajstić information content (AvgIpc) is 2.67. The monoisotopic (exact) mass is 428 g/mol. The number of ether oxygens (including phenoxy) is 1. The molecule has 3 N–H and O–H groups in total. The number of hydrogen-bond acceptors (Lipinski definition) is 5. The molecule has 5 unspecified atom stereocenters. The number of aliphatic hydroxyl groups is 3. The average molecular weight is 429 g/mol. The fourth-order valence-corrected chi connectivity index (χ4v) is 3.70. The smallest absolute Gasteiger partial charge is 0.306 e. The van der Waals surface area contributed by atoms with E-state index in [1.807, 2.05) is 13.0 Å². The highest BCUT2D eigenvalue weighted by molar-refractivity contribution is 5.69. The molecule has 0 heterocycles. The quantitative estimate of drug-likeness (QED) is 0.169. The summed E-state index contributed by atoms with van der Waals surface area (Å²) in [4.78, 5) is 12.3. The first-order valence-corrected chi connectivity index (χ1v) is 12.0. The summed E-state index contributed by atoms with van der Waals surface area (Å²) in [5.41, 5.74) is 1.17. The highest BCUT2D eigenvalue weighted by atomic mass is 16.5. The maximum absolute atomic E-state index is 12.3. The van der Waals surface area contributed by atoms with Crippen LogP contribution in [0.2, 0.25) is 0 Å². The van der Waals surface area contributed by atoms with Gasteiger partial charge in [0, 0.05) is 6.42 Å². The number of unbranched alkanes of at least 4 members (excludes halogenated alkanes) is 1. The van der Waals surface area contributed by atoms with E-state index >= 15 is 0 Å². The Hall–Kier alpha value is -0.910. The van der Waals surface area contributed by atoms with Crippen LogP contribution in [0.15, 0.2) is 11.6 Å². The Morgan fingerprint density at radius 1 is 1.00 bits per heavy atom. The van der Waals surface area contributed by atoms with Gasteiger partial charge in [0.2, 0.25) is 0 Å². The van der Waals surface area contributed by atoms with Gasteiger partial charge in [0.25, 0.3) is 0 Å². The molecule has 0 bridgehead atoms. The molecule has 0 aliphatic heterocycles. The minimum atomic E-state index is -0.529. The number of hydrogen-bond donors (Lipinski definition) is 3. The van der Waals surface area contributed by atoms with Crippen molar-refractivity contribution in [2.45, 2.75) is 130 Å². The third kappa shape index (κ3) is 14.2. The number of carbonyl (C=O) groups is 1. The van der Waals surface area contributed by atoms with Crippen molar-refractivity contribution in [3.05, 3.63) is 11.6 Å². The van der Waals surface area contributed by atoms with Crippen molar-refractivity contribution >= 4 is 5.97 Å². The van der Waals surface area contributed by atoms with E-state index in [0.717, 1.165) is 44.9 Å². The van der Waals surface area contributed by atoms with Crippen molar-refractivity contribution < 1.29 is 24.9 Å². The van der Waals surface area contributed by atoms with Gasteiger partial charge in [-0.2, -0.15) is 0 Å². The molecule has 0 aromatic rings. The third-order valence-corrected chi connectivity index (χ3v) is 5.92. The lowest BCUT2D eigenvalue weighted by Gasteiger charge is -2.24. The van der Waals surface area contributed by atoms with Crippen molar-refractivity contribution in [2.75, 3.05) is 0 Å². The van der Waals surface area contributed by atoms with Crippen LogP contribution in [0.1, 0.15) is 106 Å². The maximum atomic E-state index is 12.3. The number of rotatable bonds is 17. The Labute approximate surface area is 184 Å². The molecule has 0 radical (unpaired) electrons. The summed E-state index contributed by atoms with van der Waals surface area (Å²) < 4.78 is 5.80. The first-order chi connectivity index (χ1) is 14.1. The zero-order chi connectivity index (χ0) is 23.1. The molecular formula is C25H48O5. The number of esters is 1. The fourth-order valence-electron chi connectivity index (χ4n) is 3.70. The lowest BCUT2D eigenvalue weighted by molar-refractivity contribution is -0.152. The van der Waals surface area contributed by atoms with Gasteiger partial charge in [-0.05, 0) is 64.2 Å². The summed E-state index contributed by atoms with van der Waals surface area (Å²) in [6, 6.07) is 0. The van der Waals surface area contributed by atoms with E-state index in [0.29, 0.717) is 25.2 Å². The molecule has 6 atom stereocenters. The van der Waals surface area contributed by atoms with Crippen LogP contribution in [0.5, 0.6) is 0 Å². The normalized spacial score (nSPS) is 18.4. The lowest BCUT2D eigenvalue weighted by Crippen LogP contribution is -2.25. The third-order valence-electron chi connectivity index (χ3n) is 5.92. The second kappa shape index (κ2) is 16.7.